The van der Waals surface area contributed by atoms with Gasteiger partial charge in [-0.05, 0) is 31.9 Å². The largest absolute Gasteiger partial charge is 0.357 e. The molecule has 0 atom stereocenters. The second-order valence-electron chi connectivity index (χ2n) is 4.71. The monoisotopic (exact) mass is 262 g/mol. The number of unbranched alkanes of at least 4 members (excludes halogenated alkanes) is 1. The molecule has 4 heteroatoms. The lowest BCUT2D eigenvalue weighted by molar-refractivity contribution is 0.464. The number of aliphatic imine (C=N–C) groups is 1. The van der Waals surface area contributed by atoms with Crippen LogP contribution in [0.4, 0.5) is 0 Å². The van der Waals surface area contributed by atoms with Gasteiger partial charge < -0.3 is 10.2 Å². The standard InChI is InChI=1S/C15H26N4/c1-5-7-11-19(4)15(16-6-2)18-12-14-13(3)9-8-10-17-14/h8-10H,5-7,11-12H2,1-4H3,(H,16,18). The summed E-state index contributed by atoms with van der Waals surface area (Å²) in [5, 5.41) is 3.33. The van der Waals surface area contributed by atoms with Gasteiger partial charge >= 0.3 is 0 Å². The highest BCUT2D eigenvalue weighted by Gasteiger charge is 2.05. The first-order valence-electron chi connectivity index (χ1n) is 7.09. The van der Waals surface area contributed by atoms with Gasteiger partial charge in [-0.25, -0.2) is 4.99 Å². The molecule has 0 saturated carbocycles. The molecule has 0 aromatic carbocycles. The van der Waals surface area contributed by atoms with Crippen molar-refractivity contribution in [3.8, 4) is 0 Å². The van der Waals surface area contributed by atoms with Gasteiger partial charge in [-0.3, -0.25) is 4.98 Å². The van der Waals surface area contributed by atoms with Crippen LogP contribution >= 0.6 is 0 Å². The van der Waals surface area contributed by atoms with E-state index in [1.165, 1.54) is 18.4 Å². The number of guanidine groups is 1. The second kappa shape index (κ2) is 8.51. The van der Waals surface area contributed by atoms with Crippen molar-refractivity contribution < 1.29 is 0 Å². The van der Waals surface area contributed by atoms with Gasteiger partial charge in [0, 0.05) is 26.3 Å². The maximum absolute atomic E-state index is 4.67. The van der Waals surface area contributed by atoms with E-state index >= 15 is 0 Å². The Morgan fingerprint density at radius 3 is 2.84 bits per heavy atom. The van der Waals surface area contributed by atoms with E-state index in [4.69, 9.17) is 0 Å². The molecule has 0 saturated heterocycles. The average Bonchev–Trinajstić information content (AvgIpc) is 2.42. The van der Waals surface area contributed by atoms with E-state index in [0.717, 1.165) is 24.7 Å². The Labute approximate surface area is 117 Å². The molecule has 0 spiro atoms. The topological polar surface area (TPSA) is 40.5 Å². The number of hydrogen-bond donors (Lipinski definition) is 1. The van der Waals surface area contributed by atoms with Crippen LogP contribution in [-0.2, 0) is 6.54 Å². The average molecular weight is 262 g/mol. The van der Waals surface area contributed by atoms with Crippen LogP contribution in [0.2, 0.25) is 0 Å². The molecule has 1 rings (SSSR count). The molecule has 1 aromatic rings. The van der Waals surface area contributed by atoms with E-state index in [0.29, 0.717) is 6.54 Å². The van der Waals surface area contributed by atoms with Crippen LogP contribution in [0.25, 0.3) is 0 Å². The summed E-state index contributed by atoms with van der Waals surface area (Å²) in [5.74, 6) is 0.959. The normalized spacial score (nSPS) is 11.5. The van der Waals surface area contributed by atoms with Gasteiger partial charge in [-0.2, -0.15) is 0 Å². The first kappa shape index (κ1) is 15.5. The molecule has 0 aliphatic carbocycles. The van der Waals surface area contributed by atoms with Gasteiger partial charge in [0.05, 0.1) is 12.2 Å². The Hall–Kier alpha value is -1.58. The minimum atomic E-state index is 0.630. The van der Waals surface area contributed by atoms with Crippen molar-refractivity contribution in [2.75, 3.05) is 20.1 Å². The Kier molecular flexibility index (Phi) is 6.93. The highest BCUT2D eigenvalue weighted by molar-refractivity contribution is 5.79. The molecule has 0 amide bonds. The number of nitrogens with one attached hydrogen (secondary N) is 1. The zero-order chi connectivity index (χ0) is 14.1. The maximum Gasteiger partial charge on any atom is 0.194 e. The Morgan fingerprint density at radius 2 is 2.21 bits per heavy atom. The lowest BCUT2D eigenvalue weighted by Crippen LogP contribution is -2.39. The lowest BCUT2D eigenvalue weighted by Gasteiger charge is -2.21. The predicted octanol–water partition coefficient (Wildman–Crippen LogP) is 2.59. The van der Waals surface area contributed by atoms with Crippen LogP contribution in [0.15, 0.2) is 23.3 Å². The zero-order valence-electron chi connectivity index (χ0n) is 12.6. The summed E-state index contributed by atoms with van der Waals surface area (Å²) in [4.78, 5) is 11.2. The number of rotatable bonds is 6. The zero-order valence-corrected chi connectivity index (χ0v) is 12.6. The molecule has 1 aromatic heterocycles. The smallest absolute Gasteiger partial charge is 0.194 e. The quantitative estimate of drug-likeness (QED) is 0.633. The van der Waals surface area contributed by atoms with Gasteiger partial charge in [0.25, 0.3) is 0 Å². The van der Waals surface area contributed by atoms with Crippen LogP contribution in [0.3, 0.4) is 0 Å². The molecule has 0 unspecified atom stereocenters. The number of aromatic nitrogens is 1. The molecule has 106 valence electrons. The Morgan fingerprint density at radius 1 is 1.42 bits per heavy atom. The van der Waals surface area contributed by atoms with Gasteiger partial charge in [0.15, 0.2) is 5.96 Å². The van der Waals surface area contributed by atoms with Crippen molar-refractivity contribution in [3.05, 3.63) is 29.6 Å². The minimum absolute atomic E-state index is 0.630. The molecule has 4 nitrogen and oxygen atoms in total. The second-order valence-corrected chi connectivity index (χ2v) is 4.71. The molecule has 0 radical (unpaired) electrons. The summed E-state index contributed by atoms with van der Waals surface area (Å²) in [6.45, 7) is 8.92. The fourth-order valence-electron chi connectivity index (χ4n) is 1.80. The number of pyridine rings is 1. The number of nitrogens with zero attached hydrogens (tertiary/aromatic N) is 3. The van der Waals surface area contributed by atoms with Gasteiger partial charge in [-0.15, -0.1) is 0 Å². The van der Waals surface area contributed by atoms with Crippen LogP contribution < -0.4 is 5.32 Å². The third-order valence-electron chi connectivity index (χ3n) is 3.04. The maximum atomic E-state index is 4.67. The summed E-state index contributed by atoms with van der Waals surface area (Å²) >= 11 is 0. The third-order valence-corrected chi connectivity index (χ3v) is 3.04. The summed E-state index contributed by atoms with van der Waals surface area (Å²) in [5.41, 5.74) is 2.24. The minimum Gasteiger partial charge on any atom is -0.357 e. The van der Waals surface area contributed by atoms with Crippen LogP contribution in [0, 0.1) is 6.92 Å². The predicted molar refractivity (Wildman–Crippen MR) is 81.3 cm³/mol. The van der Waals surface area contributed by atoms with Crippen molar-refractivity contribution >= 4 is 5.96 Å². The van der Waals surface area contributed by atoms with E-state index in [2.05, 4.69) is 54.1 Å². The Balaban J connectivity index is 2.70. The highest BCUT2D eigenvalue weighted by Crippen LogP contribution is 2.05. The van der Waals surface area contributed by atoms with Crippen molar-refractivity contribution in [1.29, 1.82) is 0 Å². The number of aryl methyl sites for hydroxylation is 1. The molecule has 0 fully saturated rings. The third kappa shape index (κ3) is 5.28. The molecule has 1 heterocycles. The van der Waals surface area contributed by atoms with Crippen molar-refractivity contribution in [2.24, 2.45) is 4.99 Å². The van der Waals surface area contributed by atoms with Crippen molar-refractivity contribution in [2.45, 2.75) is 40.2 Å². The summed E-state index contributed by atoms with van der Waals surface area (Å²) in [6, 6.07) is 4.03. The molecule has 0 aliphatic heterocycles. The molecule has 0 bridgehead atoms. The van der Waals surface area contributed by atoms with E-state index in [1.807, 2.05) is 12.3 Å². The van der Waals surface area contributed by atoms with E-state index in [1.54, 1.807) is 0 Å². The molecule has 0 aliphatic rings. The first-order chi connectivity index (χ1) is 9.19. The Bertz CT molecular complexity index is 401. The molecule has 19 heavy (non-hydrogen) atoms. The number of hydrogen-bond acceptors (Lipinski definition) is 2. The van der Waals surface area contributed by atoms with Crippen LogP contribution in [-0.4, -0.2) is 36.0 Å². The fraction of sp³-hybridized carbons (Fsp3) is 0.600. The highest BCUT2D eigenvalue weighted by atomic mass is 15.3. The molecular weight excluding hydrogens is 236 g/mol. The SMILES string of the molecule is CCCCN(C)C(=NCc1ncccc1C)NCC. The van der Waals surface area contributed by atoms with E-state index in [-0.39, 0.29) is 0 Å². The lowest BCUT2D eigenvalue weighted by atomic mass is 10.2. The molecular formula is C15H26N4. The van der Waals surface area contributed by atoms with E-state index in [9.17, 15) is 0 Å². The van der Waals surface area contributed by atoms with Crippen molar-refractivity contribution in [3.63, 3.8) is 0 Å². The van der Waals surface area contributed by atoms with E-state index < -0.39 is 0 Å². The van der Waals surface area contributed by atoms with Crippen LogP contribution in [0.1, 0.15) is 37.9 Å². The summed E-state index contributed by atoms with van der Waals surface area (Å²) in [7, 11) is 2.09. The van der Waals surface area contributed by atoms with Gasteiger partial charge in [0.2, 0.25) is 0 Å². The van der Waals surface area contributed by atoms with Gasteiger partial charge in [-0.1, -0.05) is 19.4 Å². The van der Waals surface area contributed by atoms with Crippen molar-refractivity contribution in [1.82, 2.24) is 15.2 Å². The fourth-order valence-corrected chi connectivity index (χ4v) is 1.80. The molecule has 1 N–H and O–H groups in total. The summed E-state index contributed by atoms with van der Waals surface area (Å²) in [6.07, 6.45) is 4.21. The first-order valence-corrected chi connectivity index (χ1v) is 7.09. The van der Waals surface area contributed by atoms with Crippen LogP contribution in [0.5, 0.6) is 0 Å². The summed E-state index contributed by atoms with van der Waals surface area (Å²) < 4.78 is 0. The van der Waals surface area contributed by atoms with Gasteiger partial charge in [0.1, 0.15) is 0 Å².